The van der Waals surface area contributed by atoms with Gasteiger partial charge in [0.1, 0.15) is 23.3 Å². The highest BCUT2D eigenvalue weighted by Crippen LogP contribution is 2.55. The van der Waals surface area contributed by atoms with Gasteiger partial charge in [-0.05, 0) is 50.1 Å². The number of benzene rings is 1. The number of rotatable bonds is 6. The molecule has 154 valence electrons. The van der Waals surface area contributed by atoms with Crippen molar-refractivity contribution in [2.75, 3.05) is 17.2 Å². The molecule has 1 aliphatic rings. The Morgan fingerprint density at radius 2 is 1.97 bits per heavy atom. The number of carbonyl (C=O) groups excluding carboxylic acids is 1. The maximum absolute atomic E-state index is 13.9. The zero-order chi connectivity index (χ0) is 21.3. The van der Waals surface area contributed by atoms with E-state index in [1.54, 1.807) is 12.3 Å². The van der Waals surface area contributed by atoms with Crippen LogP contribution in [0.4, 0.5) is 20.3 Å². The van der Waals surface area contributed by atoms with Gasteiger partial charge in [0, 0.05) is 12.0 Å². The lowest BCUT2D eigenvalue weighted by Gasteiger charge is -2.20. The molecule has 30 heavy (non-hydrogen) atoms. The third-order valence-corrected chi connectivity index (χ3v) is 5.46. The summed E-state index contributed by atoms with van der Waals surface area (Å²) in [6, 6.07) is 8.95. The molecule has 4 rings (SSSR count). The van der Waals surface area contributed by atoms with Crippen LogP contribution in [0.25, 0.3) is 0 Å². The number of nitrogens with zero attached hydrogens (tertiary/aromatic N) is 3. The summed E-state index contributed by atoms with van der Waals surface area (Å²) in [4.78, 5) is 25.3. The Balaban J connectivity index is 1.56. The predicted molar refractivity (Wildman–Crippen MR) is 109 cm³/mol. The van der Waals surface area contributed by atoms with Crippen molar-refractivity contribution < 1.29 is 13.6 Å². The highest BCUT2D eigenvalue weighted by atomic mass is 19.1. The highest BCUT2D eigenvalue weighted by Gasteiger charge is 2.59. The molecule has 2 atom stereocenters. The van der Waals surface area contributed by atoms with E-state index < -0.39 is 11.2 Å². The van der Waals surface area contributed by atoms with Crippen molar-refractivity contribution in [3.63, 3.8) is 0 Å². The molecule has 0 bridgehead atoms. The molecule has 1 saturated carbocycles. The number of amides is 1. The van der Waals surface area contributed by atoms with Gasteiger partial charge in [-0.3, -0.25) is 4.79 Å². The number of pyridine rings is 1. The zero-order valence-electron chi connectivity index (χ0n) is 16.6. The number of carbonyl (C=O) groups is 1. The summed E-state index contributed by atoms with van der Waals surface area (Å²) < 4.78 is 27.0. The van der Waals surface area contributed by atoms with E-state index in [2.05, 4.69) is 25.6 Å². The first kappa shape index (κ1) is 19.9. The molecule has 2 heterocycles. The average Bonchev–Trinajstić information content (AvgIpc) is 3.45. The lowest BCUT2D eigenvalue weighted by Crippen LogP contribution is -2.28. The molecule has 6 nitrogen and oxygen atoms in total. The molecule has 0 unspecified atom stereocenters. The van der Waals surface area contributed by atoms with Crippen LogP contribution in [-0.4, -0.2) is 27.4 Å². The van der Waals surface area contributed by atoms with Crippen LogP contribution < -0.4 is 10.6 Å². The fourth-order valence-corrected chi connectivity index (χ4v) is 3.74. The normalized spacial score (nSPS) is 19.9. The van der Waals surface area contributed by atoms with Gasteiger partial charge in [0.25, 0.3) is 0 Å². The van der Waals surface area contributed by atoms with Gasteiger partial charge < -0.3 is 10.6 Å². The Bertz CT molecular complexity index is 1090. The molecule has 2 N–H and O–H groups in total. The Hall–Kier alpha value is -3.42. The summed E-state index contributed by atoms with van der Waals surface area (Å²) >= 11 is 0. The molecule has 2 aromatic heterocycles. The van der Waals surface area contributed by atoms with Gasteiger partial charge >= 0.3 is 0 Å². The second kappa shape index (κ2) is 7.78. The summed E-state index contributed by atoms with van der Waals surface area (Å²) in [5, 5.41) is 6.05. The van der Waals surface area contributed by atoms with E-state index in [-0.39, 0.29) is 23.5 Å². The van der Waals surface area contributed by atoms with Gasteiger partial charge in [-0.2, -0.15) is 0 Å². The van der Waals surface area contributed by atoms with Crippen molar-refractivity contribution >= 4 is 17.4 Å². The number of halogens is 2. The fourth-order valence-electron chi connectivity index (χ4n) is 3.74. The van der Waals surface area contributed by atoms with Crippen molar-refractivity contribution in [1.29, 1.82) is 0 Å². The van der Waals surface area contributed by atoms with Crippen LogP contribution in [0.1, 0.15) is 23.5 Å². The number of hydrogen-bond donors (Lipinski definition) is 2. The minimum atomic E-state index is -0.580. The number of anilines is 2. The Morgan fingerprint density at radius 1 is 1.13 bits per heavy atom. The number of aromatic nitrogens is 3. The van der Waals surface area contributed by atoms with E-state index in [1.165, 1.54) is 24.3 Å². The molecule has 3 aromatic rings. The minimum Gasteiger partial charge on any atom is -0.381 e. The number of nitrogens with one attached hydrogen (secondary N) is 2. The molecule has 0 spiro atoms. The third-order valence-electron chi connectivity index (χ3n) is 5.46. The Morgan fingerprint density at radius 3 is 2.67 bits per heavy atom. The monoisotopic (exact) mass is 409 g/mol. The summed E-state index contributed by atoms with van der Waals surface area (Å²) in [5.41, 5.74) is 1.73. The minimum absolute atomic E-state index is 0.239. The van der Waals surface area contributed by atoms with Crippen molar-refractivity contribution in [2.45, 2.75) is 25.7 Å². The summed E-state index contributed by atoms with van der Waals surface area (Å²) in [5.74, 6) is -0.505. The topological polar surface area (TPSA) is 79.8 Å². The Labute approximate surface area is 172 Å². The van der Waals surface area contributed by atoms with E-state index in [0.29, 0.717) is 18.8 Å². The number of aryl methyl sites for hydroxylation is 2. The molecular formula is C22H21F2N5O. The molecule has 1 amide bonds. The molecular weight excluding hydrogens is 388 g/mol. The first-order valence-corrected chi connectivity index (χ1v) is 9.60. The molecule has 0 radical (unpaired) electrons. The van der Waals surface area contributed by atoms with Crippen LogP contribution >= 0.6 is 0 Å². The van der Waals surface area contributed by atoms with E-state index in [0.717, 1.165) is 23.1 Å². The molecule has 8 heteroatoms. The van der Waals surface area contributed by atoms with Gasteiger partial charge in [0.05, 0.1) is 29.7 Å². The third kappa shape index (κ3) is 3.98. The SMILES string of the molecule is Cc1ncc(NC[C@@]2(c3cccc(F)c3)C[C@H]2C(=O)Nc2ccc(F)cn2)c(C)n1. The average molecular weight is 409 g/mol. The van der Waals surface area contributed by atoms with Gasteiger partial charge in [0.15, 0.2) is 0 Å². The Kier molecular flexibility index (Phi) is 5.15. The van der Waals surface area contributed by atoms with E-state index in [4.69, 9.17) is 0 Å². The molecule has 1 aromatic carbocycles. The second-order valence-electron chi connectivity index (χ2n) is 7.54. The standard InChI is InChI=1S/C22H21F2N5O/c1-13-19(11-25-14(2)28-13)27-12-22(15-4-3-5-16(23)8-15)9-18(22)21(30)29-20-7-6-17(24)10-26-20/h3-8,10-11,18,27H,9,12H2,1-2H3,(H,26,29,30)/t18-,22+/m0/s1. The molecule has 0 aliphatic heterocycles. The smallest absolute Gasteiger partial charge is 0.229 e. The lowest BCUT2D eigenvalue weighted by atomic mass is 9.92. The summed E-state index contributed by atoms with van der Waals surface area (Å²) in [6.45, 7) is 4.11. The predicted octanol–water partition coefficient (Wildman–Crippen LogP) is 3.78. The van der Waals surface area contributed by atoms with E-state index in [9.17, 15) is 13.6 Å². The summed E-state index contributed by atoms with van der Waals surface area (Å²) in [6.07, 6.45) is 3.29. The van der Waals surface area contributed by atoms with Crippen molar-refractivity contribution in [2.24, 2.45) is 5.92 Å². The molecule has 1 aliphatic carbocycles. The van der Waals surface area contributed by atoms with Crippen LogP contribution in [0.3, 0.4) is 0 Å². The molecule has 1 fully saturated rings. The van der Waals surface area contributed by atoms with Gasteiger partial charge in [-0.15, -0.1) is 0 Å². The first-order valence-electron chi connectivity index (χ1n) is 9.60. The first-order chi connectivity index (χ1) is 14.4. The van der Waals surface area contributed by atoms with Crippen LogP contribution in [0, 0.1) is 31.4 Å². The quantitative estimate of drug-likeness (QED) is 0.648. The van der Waals surface area contributed by atoms with Crippen LogP contribution in [0.15, 0.2) is 48.8 Å². The highest BCUT2D eigenvalue weighted by molar-refractivity contribution is 5.95. The van der Waals surface area contributed by atoms with Crippen molar-refractivity contribution in [1.82, 2.24) is 15.0 Å². The van der Waals surface area contributed by atoms with Crippen LogP contribution in [-0.2, 0) is 10.2 Å². The van der Waals surface area contributed by atoms with E-state index in [1.807, 2.05) is 19.9 Å². The van der Waals surface area contributed by atoms with E-state index >= 15 is 0 Å². The zero-order valence-corrected chi connectivity index (χ0v) is 16.6. The number of hydrogen-bond acceptors (Lipinski definition) is 5. The van der Waals surface area contributed by atoms with Crippen LogP contribution in [0.2, 0.25) is 0 Å². The fraction of sp³-hybridized carbons (Fsp3) is 0.273. The van der Waals surface area contributed by atoms with Gasteiger partial charge in [-0.1, -0.05) is 12.1 Å². The van der Waals surface area contributed by atoms with Crippen molar-refractivity contribution in [3.05, 3.63) is 77.5 Å². The van der Waals surface area contributed by atoms with Crippen LogP contribution in [0.5, 0.6) is 0 Å². The maximum atomic E-state index is 13.9. The lowest BCUT2D eigenvalue weighted by molar-refractivity contribution is -0.117. The van der Waals surface area contributed by atoms with Crippen molar-refractivity contribution in [3.8, 4) is 0 Å². The molecule has 0 saturated heterocycles. The largest absolute Gasteiger partial charge is 0.381 e. The summed E-state index contributed by atoms with van der Waals surface area (Å²) in [7, 11) is 0. The second-order valence-corrected chi connectivity index (χ2v) is 7.54. The van der Waals surface area contributed by atoms with Gasteiger partial charge in [0.2, 0.25) is 5.91 Å². The van der Waals surface area contributed by atoms with Gasteiger partial charge in [-0.25, -0.2) is 23.7 Å². The maximum Gasteiger partial charge on any atom is 0.229 e.